The molecule has 2 aromatic rings. The summed E-state index contributed by atoms with van der Waals surface area (Å²) in [6.07, 6.45) is -0.722. The lowest BCUT2D eigenvalue weighted by Crippen LogP contribution is -2.15. The number of aliphatic hydroxyl groups excluding tert-OH is 1. The molecule has 0 aromatic heterocycles. The Hall–Kier alpha value is -1.72. The minimum absolute atomic E-state index is 0.350. The first kappa shape index (κ1) is 14.2. The first-order valence-electron chi connectivity index (χ1n) is 6.68. The van der Waals surface area contributed by atoms with Crippen LogP contribution in [0.5, 0.6) is 11.5 Å². The van der Waals surface area contributed by atoms with Gasteiger partial charge < -0.3 is 14.6 Å². The van der Waals surface area contributed by atoms with E-state index in [1.165, 1.54) is 23.9 Å². The van der Waals surface area contributed by atoms with E-state index in [0.717, 1.165) is 15.5 Å². The fraction of sp³-hybridized carbons (Fsp3) is 0.250. The van der Waals surface area contributed by atoms with Crippen LogP contribution in [0.25, 0.3) is 0 Å². The molecule has 0 amide bonds. The van der Waals surface area contributed by atoms with Crippen molar-refractivity contribution in [2.75, 3.05) is 13.2 Å². The summed E-state index contributed by atoms with van der Waals surface area (Å²) in [5.74, 6) is 1.10. The van der Waals surface area contributed by atoms with Gasteiger partial charge in [0.15, 0.2) is 11.5 Å². The van der Waals surface area contributed by atoms with Crippen molar-refractivity contribution >= 4 is 11.8 Å². The molecule has 0 fully saturated rings. The summed E-state index contributed by atoms with van der Waals surface area (Å²) in [7, 11) is 0. The second-order valence-electron chi connectivity index (χ2n) is 4.77. The monoisotopic (exact) mass is 306 g/mol. The van der Waals surface area contributed by atoms with Crippen molar-refractivity contribution in [3.8, 4) is 11.5 Å². The smallest absolute Gasteiger partial charge is 0.162 e. The van der Waals surface area contributed by atoms with Crippen LogP contribution < -0.4 is 9.47 Å². The molecule has 0 aliphatic carbocycles. The fourth-order valence-electron chi connectivity index (χ4n) is 2.15. The highest BCUT2D eigenvalue weighted by Gasteiger charge is 2.14. The maximum absolute atomic E-state index is 13.3. The van der Waals surface area contributed by atoms with E-state index in [2.05, 4.69) is 0 Å². The van der Waals surface area contributed by atoms with E-state index in [4.69, 9.17) is 9.47 Å². The summed E-state index contributed by atoms with van der Waals surface area (Å²) in [5, 5.41) is 9.77. The van der Waals surface area contributed by atoms with Gasteiger partial charge in [-0.25, -0.2) is 4.39 Å². The summed E-state index contributed by atoms with van der Waals surface area (Å²) in [5.41, 5.74) is 0.579. The molecule has 1 N–H and O–H groups in total. The molecule has 1 aliphatic rings. The van der Waals surface area contributed by atoms with Crippen LogP contribution in [0, 0.1) is 5.82 Å². The molecule has 5 heteroatoms. The molecule has 21 heavy (non-hydrogen) atoms. The first-order valence-corrected chi connectivity index (χ1v) is 7.50. The molecule has 0 saturated carbocycles. The molecule has 3 rings (SSSR count). The second-order valence-corrected chi connectivity index (χ2v) is 5.88. The van der Waals surface area contributed by atoms with Crippen LogP contribution in [0.3, 0.4) is 0 Å². The van der Waals surface area contributed by atoms with E-state index in [1.807, 2.05) is 18.2 Å². The van der Waals surface area contributed by atoms with Crippen molar-refractivity contribution in [3.05, 3.63) is 47.8 Å². The second kappa shape index (κ2) is 5.95. The SMILES string of the molecule is CC(O)c1cc(F)ccc1Sc1ccc2c(c1)OCCO2. The molecule has 0 saturated heterocycles. The Kier molecular flexibility index (Phi) is 4.03. The van der Waals surface area contributed by atoms with Crippen LogP contribution in [0.4, 0.5) is 4.39 Å². The predicted octanol–water partition coefficient (Wildman–Crippen LogP) is 3.80. The predicted molar refractivity (Wildman–Crippen MR) is 78.6 cm³/mol. The van der Waals surface area contributed by atoms with Gasteiger partial charge in [0.05, 0.1) is 6.10 Å². The highest BCUT2D eigenvalue weighted by Crippen LogP contribution is 2.39. The van der Waals surface area contributed by atoms with Crippen LogP contribution in [0.15, 0.2) is 46.2 Å². The van der Waals surface area contributed by atoms with Crippen LogP contribution in [-0.2, 0) is 0 Å². The average molecular weight is 306 g/mol. The van der Waals surface area contributed by atoms with Gasteiger partial charge in [0.25, 0.3) is 0 Å². The molecule has 2 aromatic carbocycles. The van der Waals surface area contributed by atoms with Gasteiger partial charge in [0, 0.05) is 9.79 Å². The summed E-state index contributed by atoms with van der Waals surface area (Å²) in [6.45, 7) is 2.73. The maximum atomic E-state index is 13.3. The number of ether oxygens (including phenoxy) is 2. The third-order valence-corrected chi connectivity index (χ3v) is 4.24. The number of hydrogen-bond donors (Lipinski definition) is 1. The number of halogens is 1. The number of benzene rings is 2. The Morgan fingerprint density at radius 2 is 1.86 bits per heavy atom. The largest absolute Gasteiger partial charge is 0.486 e. The molecule has 3 nitrogen and oxygen atoms in total. The molecule has 1 aliphatic heterocycles. The van der Waals surface area contributed by atoms with E-state index in [0.29, 0.717) is 24.5 Å². The number of rotatable bonds is 3. The number of hydrogen-bond acceptors (Lipinski definition) is 4. The molecular weight excluding hydrogens is 291 g/mol. The lowest BCUT2D eigenvalue weighted by molar-refractivity contribution is 0.171. The van der Waals surface area contributed by atoms with Crippen LogP contribution in [-0.4, -0.2) is 18.3 Å². The van der Waals surface area contributed by atoms with Crippen molar-refractivity contribution in [1.82, 2.24) is 0 Å². The van der Waals surface area contributed by atoms with Crippen molar-refractivity contribution in [2.24, 2.45) is 0 Å². The zero-order valence-corrected chi connectivity index (χ0v) is 12.3. The van der Waals surface area contributed by atoms with Crippen molar-refractivity contribution in [2.45, 2.75) is 22.8 Å². The zero-order valence-electron chi connectivity index (χ0n) is 11.5. The van der Waals surface area contributed by atoms with Gasteiger partial charge in [0.1, 0.15) is 19.0 Å². The summed E-state index contributed by atoms with van der Waals surface area (Å²) >= 11 is 1.46. The minimum Gasteiger partial charge on any atom is -0.486 e. The lowest BCUT2D eigenvalue weighted by atomic mass is 10.1. The minimum atomic E-state index is -0.722. The van der Waals surface area contributed by atoms with Gasteiger partial charge in [-0.15, -0.1) is 0 Å². The highest BCUT2D eigenvalue weighted by atomic mass is 32.2. The molecule has 0 radical (unpaired) electrons. The van der Waals surface area contributed by atoms with E-state index in [-0.39, 0.29) is 5.82 Å². The third-order valence-electron chi connectivity index (χ3n) is 3.16. The van der Waals surface area contributed by atoms with Crippen LogP contribution in [0.1, 0.15) is 18.6 Å². The molecular formula is C16H15FO3S. The Morgan fingerprint density at radius 1 is 1.10 bits per heavy atom. The standard InChI is InChI=1S/C16H15FO3S/c1-10(18)13-8-11(17)2-5-16(13)21-12-3-4-14-15(9-12)20-7-6-19-14/h2-5,8-10,18H,6-7H2,1H3. The summed E-state index contributed by atoms with van der Waals surface area (Å²) in [6, 6.07) is 10.1. The third kappa shape index (κ3) is 3.14. The molecule has 0 spiro atoms. The van der Waals surface area contributed by atoms with E-state index < -0.39 is 6.10 Å². The topological polar surface area (TPSA) is 38.7 Å². The molecule has 0 bridgehead atoms. The first-order chi connectivity index (χ1) is 10.1. The normalized spacial score (nSPS) is 14.8. The lowest BCUT2D eigenvalue weighted by Gasteiger charge is -2.19. The molecule has 1 atom stereocenters. The molecule has 1 unspecified atom stereocenters. The van der Waals surface area contributed by atoms with Crippen LogP contribution >= 0.6 is 11.8 Å². The average Bonchev–Trinajstić information content (AvgIpc) is 2.49. The zero-order chi connectivity index (χ0) is 14.8. The van der Waals surface area contributed by atoms with E-state index in [1.54, 1.807) is 13.0 Å². The van der Waals surface area contributed by atoms with Crippen molar-refractivity contribution < 1.29 is 19.0 Å². The van der Waals surface area contributed by atoms with E-state index >= 15 is 0 Å². The van der Waals surface area contributed by atoms with Gasteiger partial charge in [-0.2, -0.15) is 0 Å². The van der Waals surface area contributed by atoms with Gasteiger partial charge >= 0.3 is 0 Å². The highest BCUT2D eigenvalue weighted by molar-refractivity contribution is 7.99. The molecule has 1 heterocycles. The number of aliphatic hydroxyl groups is 1. The van der Waals surface area contributed by atoms with Gasteiger partial charge in [-0.3, -0.25) is 0 Å². The van der Waals surface area contributed by atoms with Gasteiger partial charge in [-0.05, 0) is 48.9 Å². The number of fused-ring (bicyclic) bond motifs is 1. The van der Waals surface area contributed by atoms with Gasteiger partial charge in [0.2, 0.25) is 0 Å². The Balaban J connectivity index is 1.90. The van der Waals surface area contributed by atoms with Gasteiger partial charge in [-0.1, -0.05) is 11.8 Å². The molecule has 110 valence electrons. The van der Waals surface area contributed by atoms with E-state index in [9.17, 15) is 9.50 Å². The fourth-order valence-corrected chi connectivity index (χ4v) is 3.19. The Labute approximate surface area is 126 Å². The van der Waals surface area contributed by atoms with Crippen LogP contribution in [0.2, 0.25) is 0 Å². The Bertz CT molecular complexity index is 658. The Morgan fingerprint density at radius 3 is 2.62 bits per heavy atom. The summed E-state index contributed by atoms with van der Waals surface area (Å²) < 4.78 is 24.3. The van der Waals surface area contributed by atoms with Crippen molar-refractivity contribution in [1.29, 1.82) is 0 Å². The quantitative estimate of drug-likeness (QED) is 0.936. The maximum Gasteiger partial charge on any atom is 0.162 e. The van der Waals surface area contributed by atoms with Crippen molar-refractivity contribution in [3.63, 3.8) is 0 Å². The summed E-state index contributed by atoms with van der Waals surface area (Å²) in [4.78, 5) is 1.77.